The number of ether oxygens (including phenoxy) is 3. The van der Waals surface area contributed by atoms with Gasteiger partial charge < -0.3 is 54.3 Å². The molecule has 6 heterocycles. The van der Waals surface area contributed by atoms with E-state index < -0.39 is 53.5 Å². The van der Waals surface area contributed by atoms with Crippen LogP contribution in [0.4, 0.5) is 0 Å². The van der Waals surface area contributed by atoms with Gasteiger partial charge in [-0.05, 0) is 208 Å². The van der Waals surface area contributed by atoms with Gasteiger partial charge in [0.25, 0.3) is 0 Å². The lowest BCUT2D eigenvalue weighted by atomic mass is 9.77. The summed E-state index contributed by atoms with van der Waals surface area (Å²) in [6.45, 7) is 33.3. The van der Waals surface area contributed by atoms with Gasteiger partial charge >= 0.3 is 35.8 Å². The normalized spacial score (nSPS) is 19.5. The van der Waals surface area contributed by atoms with Crippen molar-refractivity contribution in [3.8, 4) is 0 Å². The maximum Gasteiger partial charge on any atom is 0.321 e. The Morgan fingerprint density at radius 2 is 0.514 bits per heavy atom. The molecule has 6 amide bonds. The van der Waals surface area contributed by atoms with Crippen LogP contribution < -0.4 is 40.1 Å². The number of rotatable bonds is 79. The molecule has 6 saturated heterocycles. The number of nitrogens with two attached hydrogens (primary N) is 7. The first-order valence-electron chi connectivity index (χ1n) is 58.6. The van der Waals surface area contributed by atoms with E-state index in [1.54, 1.807) is 12.2 Å². The van der Waals surface area contributed by atoms with Crippen LogP contribution in [0.15, 0.2) is 48.6 Å². The minimum Gasteiger partial charge on any atom is -0.393 e. The fraction of sp³-hybridized carbons (Fsp3) is 0.832. The number of carbonyl (C=O) groups is 12. The standard InChI is InChI=1S/C39H70N4O4.C24H44N2O2.C17H22O6.2C13H30N2.C13H20O3/c1-31(2)28-32(3)34(35-30-37(45)43(39(35)47)27-21-17-13-9-5-7-11-15-19-25-41)23-22-33-29-36(44)42(38(33)46)26-20-16-12-8-4-6-10-14-18-24-40;1-20(2)18-21(3)14-13-15-22-19-23(27)26(24(22)28)17-12-10-8-6-4-5-7-9-11-16-25;1-9(2)6-10(3)12(13-8-15(19)23-17(13)21)5-4-11-7-14(18)22-16(11)20;2*14-12-10-8-6-4-2-1-3-5-7-9-11-13-15;1-9(2)7-10(3)5-4-6-11-8-12(14)16-13(11)15/h22-23,31-35H,4-21,24-30,40-41H2,1-3H3;13-14,20-22H,4-12,15-19,25H2,1-3H3;4-5,9-13H,6-8H2,1-3H3;2*1-15H2;4-5,9-11H,6-8H2,1-3H3. The van der Waals surface area contributed by atoms with Gasteiger partial charge in [-0.15, -0.1) is 0 Å². The molecule has 12 unspecified atom stereocenters. The first kappa shape index (κ1) is 136. The lowest BCUT2D eigenvalue weighted by Gasteiger charge is -2.27. The van der Waals surface area contributed by atoms with Crippen LogP contribution in [0.3, 0.4) is 0 Å². The Hall–Kier alpha value is -6.48. The number of imide groups is 3. The molecule has 25 nitrogen and oxygen atoms in total. The van der Waals surface area contributed by atoms with E-state index in [-0.39, 0.29) is 109 Å². The van der Waals surface area contributed by atoms with E-state index >= 15 is 0 Å². The zero-order valence-corrected chi connectivity index (χ0v) is 93.6. The molecule has 6 rings (SSSR count). The number of allylic oxidation sites excluding steroid dienone is 6. The summed E-state index contributed by atoms with van der Waals surface area (Å²) >= 11 is 0. The van der Waals surface area contributed by atoms with E-state index in [4.69, 9.17) is 40.1 Å². The number of hydrogen-bond donors (Lipinski definition) is 7. The largest absolute Gasteiger partial charge is 0.393 e. The highest BCUT2D eigenvalue weighted by molar-refractivity contribution is 6.05. The molecule has 0 aromatic carbocycles. The third-order valence-corrected chi connectivity index (χ3v) is 28.8. The molecule has 832 valence electrons. The number of esters is 6. The average molecular weight is 2030 g/mol. The van der Waals surface area contributed by atoms with Gasteiger partial charge in [0, 0.05) is 38.9 Å². The molecule has 0 aromatic heterocycles. The minimum absolute atomic E-state index is 0.0225. The predicted molar refractivity (Wildman–Crippen MR) is 589 cm³/mol. The van der Waals surface area contributed by atoms with E-state index in [9.17, 15) is 57.5 Å². The maximum absolute atomic E-state index is 13.6. The Labute approximate surface area is 876 Å². The molecule has 0 aromatic rings. The third-order valence-electron chi connectivity index (χ3n) is 28.8. The smallest absolute Gasteiger partial charge is 0.321 e. The van der Waals surface area contributed by atoms with Gasteiger partial charge in [0.2, 0.25) is 35.4 Å². The van der Waals surface area contributed by atoms with Gasteiger partial charge in [0.15, 0.2) is 0 Å². The lowest BCUT2D eigenvalue weighted by Crippen LogP contribution is -2.34. The number of unbranched alkanes of at least 4 members (excludes halogenated alkanes) is 44. The second-order valence-corrected chi connectivity index (χ2v) is 44.6. The number of nitrogens with zero attached hydrogens (tertiary/aromatic N) is 3. The van der Waals surface area contributed by atoms with Gasteiger partial charge in [-0.1, -0.05) is 382 Å². The van der Waals surface area contributed by atoms with Crippen molar-refractivity contribution in [2.45, 2.75) is 475 Å². The minimum atomic E-state index is -0.607. The van der Waals surface area contributed by atoms with Crippen LogP contribution in [0.1, 0.15) is 475 Å². The molecule has 14 N–H and O–H groups in total. The zero-order valence-electron chi connectivity index (χ0n) is 93.6. The summed E-state index contributed by atoms with van der Waals surface area (Å²) in [6, 6.07) is 0. The Morgan fingerprint density at radius 1 is 0.250 bits per heavy atom. The van der Waals surface area contributed by atoms with Crippen LogP contribution >= 0.6 is 0 Å². The summed E-state index contributed by atoms with van der Waals surface area (Å²) in [7, 11) is 0. The van der Waals surface area contributed by atoms with Crippen molar-refractivity contribution in [3.05, 3.63) is 48.6 Å². The molecule has 12 atom stereocenters. The monoisotopic (exact) mass is 2030 g/mol. The Kier molecular flexibility index (Phi) is 83.1. The van der Waals surface area contributed by atoms with E-state index in [0.29, 0.717) is 74.4 Å². The summed E-state index contributed by atoms with van der Waals surface area (Å²) in [6.07, 6.45) is 83.4. The average Bonchev–Trinajstić information content (AvgIpc) is 1.65. The van der Waals surface area contributed by atoms with Crippen molar-refractivity contribution in [1.82, 2.24) is 14.7 Å². The molecule has 6 aliphatic heterocycles. The summed E-state index contributed by atoms with van der Waals surface area (Å²) in [5.41, 5.74) is 38.4. The van der Waals surface area contributed by atoms with Gasteiger partial charge in [-0.25, -0.2) is 0 Å². The van der Waals surface area contributed by atoms with Crippen molar-refractivity contribution in [2.24, 2.45) is 135 Å². The summed E-state index contributed by atoms with van der Waals surface area (Å²) in [4.78, 5) is 150. The molecule has 0 bridgehead atoms. The van der Waals surface area contributed by atoms with E-state index in [0.717, 1.165) is 142 Å². The van der Waals surface area contributed by atoms with Crippen LogP contribution in [0.5, 0.6) is 0 Å². The molecule has 25 heteroatoms. The summed E-state index contributed by atoms with van der Waals surface area (Å²) < 4.78 is 13.7. The Bertz CT molecular complexity index is 3480. The SMILES string of the molecule is CC(C)CC(C)C(C=CC1CC(=O)N(CCCCCCCCCCCN)C1=O)C1CC(=O)N(CCCCCCCCCCCN)C1=O.CC(C)CC(C)C(C=CC1CC(=O)OC1=O)C1CC(=O)OC1=O.CC(C)CC(C)C=CCC1CC(=O)N(CCCCCCCCCCCN)C1=O.CC(C)CC(C)C=CCC1CC(=O)OC1=O.NCCCCCCCCCCCCCN.NCCCCCCCCCCCCCN. The molecule has 0 aliphatic carbocycles. The highest BCUT2D eigenvalue weighted by Crippen LogP contribution is 2.39. The predicted octanol–water partition coefficient (Wildman–Crippen LogP) is 24.1. The lowest BCUT2D eigenvalue weighted by molar-refractivity contribution is -0.155. The zero-order chi connectivity index (χ0) is 107. The fourth-order valence-electron chi connectivity index (χ4n) is 20.7. The summed E-state index contributed by atoms with van der Waals surface area (Å²) in [5, 5.41) is 0. The molecule has 0 saturated carbocycles. The Morgan fingerprint density at radius 3 is 0.812 bits per heavy atom. The highest BCUT2D eigenvalue weighted by atomic mass is 16.6. The number of likely N-dealkylation sites (tertiary alicyclic amines) is 3. The first-order chi connectivity index (χ1) is 69.2. The van der Waals surface area contributed by atoms with Crippen LogP contribution in [0.2, 0.25) is 0 Å². The number of cyclic esters (lactones) is 6. The highest BCUT2D eigenvalue weighted by Gasteiger charge is 2.46. The van der Waals surface area contributed by atoms with Crippen LogP contribution in [0.25, 0.3) is 0 Å². The fourth-order valence-corrected chi connectivity index (χ4v) is 20.7. The van der Waals surface area contributed by atoms with Gasteiger partial charge in [-0.3, -0.25) is 72.2 Å². The van der Waals surface area contributed by atoms with Crippen molar-refractivity contribution < 1.29 is 71.7 Å². The van der Waals surface area contributed by atoms with E-state index in [1.165, 1.54) is 259 Å². The molecule has 0 spiro atoms. The first-order valence-corrected chi connectivity index (χ1v) is 58.6. The van der Waals surface area contributed by atoms with Crippen LogP contribution in [-0.2, 0) is 71.7 Å². The Balaban J connectivity index is 0.000000919. The quantitative estimate of drug-likeness (QED) is 0.00742. The van der Waals surface area contributed by atoms with Gasteiger partial charge in [0.1, 0.15) is 0 Å². The second-order valence-electron chi connectivity index (χ2n) is 44.6. The van der Waals surface area contributed by atoms with Crippen molar-refractivity contribution in [1.29, 1.82) is 0 Å². The molecular weight excluding hydrogens is 1810 g/mol. The second kappa shape index (κ2) is 88.3. The van der Waals surface area contributed by atoms with E-state index in [2.05, 4.69) is 109 Å². The number of hydrogen-bond acceptors (Lipinski definition) is 22. The van der Waals surface area contributed by atoms with Crippen molar-refractivity contribution in [3.63, 3.8) is 0 Å². The molecular formula is C119H216N10O15. The number of amides is 6. The molecule has 0 radical (unpaired) electrons. The molecule has 6 fully saturated rings. The third kappa shape index (κ3) is 66.9. The van der Waals surface area contributed by atoms with Crippen molar-refractivity contribution in [2.75, 3.05) is 65.4 Å². The molecule has 144 heavy (non-hydrogen) atoms. The van der Waals surface area contributed by atoms with Gasteiger partial charge in [0.05, 0.1) is 54.8 Å². The van der Waals surface area contributed by atoms with Crippen LogP contribution in [-0.4, -0.2) is 151 Å². The molecule has 6 aliphatic rings. The van der Waals surface area contributed by atoms with Crippen molar-refractivity contribution >= 4 is 71.3 Å². The number of carbonyl (C=O) groups excluding carboxylic acids is 12. The van der Waals surface area contributed by atoms with Gasteiger partial charge in [-0.2, -0.15) is 0 Å². The van der Waals surface area contributed by atoms with E-state index in [1.807, 2.05) is 25.2 Å². The topological polar surface area (TPSA) is 424 Å². The maximum atomic E-state index is 13.6. The van der Waals surface area contributed by atoms with Crippen LogP contribution in [0, 0.1) is 94.7 Å². The summed E-state index contributed by atoms with van der Waals surface area (Å²) in [5.74, 6) is -2.27.